The summed E-state index contributed by atoms with van der Waals surface area (Å²) in [6, 6.07) is 4.77. The standard InChI is InChI=1S/C17H20ClN3O3S/c1-11-2-7-14(8-15(11)16-9-19-10-17(18)20-16)25(23,24)21-12-3-5-13(22)6-4-12/h2,7-10,12-13,21-22H,3-6H2,1H3. The SMILES string of the molecule is Cc1ccc(S(=O)(=O)NC2CCC(O)CC2)cc1-c1cncc(Cl)n1. The molecule has 1 aliphatic rings. The van der Waals surface area contributed by atoms with Gasteiger partial charge in [0, 0.05) is 11.6 Å². The highest BCUT2D eigenvalue weighted by Crippen LogP contribution is 2.26. The molecular weight excluding hydrogens is 362 g/mol. The molecule has 1 fully saturated rings. The van der Waals surface area contributed by atoms with Gasteiger partial charge in [0.2, 0.25) is 10.0 Å². The Hall–Kier alpha value is -1.54. The first-order chi connectivity index (χ1) is 11.8. The molecule has 6 nitrogen and oxygen atoms in total. The number of aliphatic hydroxyl groups is 1. The molecule has 0 bridgehead atoms. The van der Waals surface area contributed by atoms with Crippen LogP contribution in [0.3, 0.4) is 0 Å². The van der Waals surface area contributed by atoms with Gasteiger partial charge in [-0.3, -0.25) is 4.98 Å². The average molecular weight is 382 g/mol. The molecule has 0 radical (unpaired) electrons. The molecule has 0 saturated heterocycles. The number of aliphatic hydroxyl groups excluding tert-OH is 1. The van der Waals surface area contributed by atoms with E-state index in [0.29, 0.717) is 36.9 Å². The summed E-state index contributed by atoms with van der Waals surface area (Å²) in [7, 11) is -3.65. The number of aromatic nitrogens is 2. The average Bonchev–Trinajstić information content (AvgIpc) is 2.57. The van der Waals surface area contributed by atoms with Crippen LogP contribution in [0.2, 0.25) is 5.15 Å². The van der Waals surface area contributed by atoms with Crippen molar-refractivity contribution < 1.29 is 13.5 Å². The molecule has 8 heteroatoms. The molecule has 2 aromatic rings. The second-order valence-corrected chi connectivity index (χ2v) is 8.43. The van der Waals surface area contributed by atoms with Crippen LogP contribution in [-0.2, 0) is 10.0 Å². The lowest BCUT2D eigenvalue weighted by Crippen LogP contribution is -2.38. The molecule has 1 aromatic carbocycles. The lowest BCUT2D eigenvalue weighted by Gasteiger charge is -2.26. The summed E-state index contributed by atoms with van der Waals surface area (Å²) in [5.41, 5.74) is 2.09. The van der Waals surface area contributed by atoms with E-state index in [-0.39, 0.29) is 22.2 Å². The summed E-state index contributed by atoms with van der Waals surface area (Å²) in [5, 5.41) is 9.81. The molecule has 1 saturated carbocycles. The van der Waals surface area contributed by atoms with Gasteiger partial charge in [0.25, 0.3) is 0 Å². The van der Waals surface area contributed by atoms with E-state index in [1.807, 2.05) is 6.92 Å². The van der Waals surface area contributed by atoms with E-state index >= 15 is 0 Å². The van der Waals surface area contributed by atoms with Gasteiger partial charge in [-0.2, -0.15) is 0 Å². The maximum absolute atomic E-state index is 12.7. The highest BCUT2D eigenvalue weighted by molar-refractivity contribution is 7.89. The Morgan fingerprint density at radius 2 is 1.92 bits per heavy atom. The Kier molecular flexibility index (Phi) is 5.38. The molecule has 1 aromatic heterocycles. The molecule has 25 heavy (non-hydrogen) atoms. The van der Waals surface area contributed by atoms with Gasteiger partial charge in [0.15, 0.2) is 0 Å². The summed E-state index contributed by atoms with van der Waals surface area (Å²) in [4.78, 5) is 8.40. The Bertz CT molecular complexity index is 865. The van der Waals surface area contributed by atoms with Gasteiger partial charge in [-0.1, -0.05) is 17.7 Å². The topological polar surface area (TPSA) is 92.2 Å². The smallest absolute Gasteiger partial charge is 0.240 e. The van der Waals surface area contributed by atoms with Crippen LogP contribution in [0.4, 0.5) is 0 Å². The summed E-state index contributed by atoms with van der Waals surface area (Å²) < 4.78 is 28.2. The number of aryl methyl sites for hydroxylation is 1. The van der Waals surface area contributed by atoms with E-state index in [9.17, 15) is 13.5 Å². The van der Waals surface area contributed by atoms with Crippen molar-refractivity contribution in [2.75, 3.05) is 0 Å². The molecule has 1 aliphatic carbocycles. The minimum atomic E-state index is -3.65. The molecule has 2 N–H and O–H groups in total. The predicted molar refractivity (Wildman–Crippen MR) is 95.8 cm³/mol. The first-order valence-electron chi connectivity index (χ1n) is 8.14. The third-order valence-electron chi connectivity index (χ3n) is 4.42. The fourth-order valence-electron chi connectivity index (χ4n) is 3.00. The van der Waals surface area contributed by atoms with Crippen molar-refractivity contribution in [3.63, 3.8) is 0 Å². The molecular formula is C17H20ClN3O3S. The molecule has 0 unspecified atom stereocenters. The number of sulfonamides is 1. The fraction of sp³-hybridized carbons (Fsp3) is 0.412. The molecule has 0 aliphatic heterocycles. The van der Waals surface area contributed by atoms with E-state index in [1.165, 1.54) is 6.20 Å². The van der Waals surface area contributed by atoms with Crippen molar-refractivity contribution in [2.45, 2.75) is 49.6 Å². The number of nitrogens with one attached hydrogen (secondary N) is 1. The monoisotopic (exact) mass is 381 g/mol. The van der Waals surface area contributed by atoms with E-state index < -0.39 is 10.0 Å². The Labute approximate surface area is 152 Å². The largest absolute Gasteiger partial charge is 0.393 e. The Morgan fingerprint density at radius 1 is 1.20 bits per heavy atom. The van der Waals surface area contributed by atoms with Crippen molar-refractivity contribution >= 4 is 21.6 Å². The van der Waals surface area contributed by atoms with Gasteiger partial charge < -0.3 is 5.11 Å². The van der Waals surface area contributed by atoms with Crippen molar-refractivity contribution in [1.29, 1.82) is 0 Å². The number of hydrogen-bond donors (Lipinski definition) is 2. The molecule has 134 valence electrons. The van der Waals surface area contributed by atoms with Gasteiger partial charge >= 0.3 is 0 Å². The van der Waals surface area contributed by atoms with E-state index in [4.69, 9.17) is 11.6 Å². The van der Waals surface area contributed by atoms with Crippen LogP contribution in [0.1, 0.15) is 31.2 Å². The van der Waals surface area contributed by atoms with Crippen molar-refractivity contribution in [3.05, 3.63) is 41.3 Å². The minimum absolute atomic E-state index is 0.149. The van der Waals surface area contributed by atoms with E-state index in [2.05, 4.69) is 14.7 Å². The van der Waals surface area contributed by atoms with Crippen LogP contribution in [0.15, 0.2) is 35.5 Å². The molecule has 1 heterocycles. The zero-order valence-electron chi connectivity index (χ0n) is 13.8. The summed E-state index contributed by atoms with van der Waals surface area (Å²) >= 11 is 5.89. The molecule has 3 rings (SSSR count). The van der Waals surface area contributed by atoms with Crippen LogP contribution in [-0.4, -0.2) is 35.6 Å². The second kappa shape index (κ2) is 7.37. The van der Waals surface area contributed by atoms with Gasteiger partial charge in [-0.05, 0) is 50.3 Å². The Balaban J connectivity index is 1.88. The maximum atomic E-state index is 12.7. The fourth-order valence-corrected chi connectivity index (χ4v) is 4.48. The number of rotatable bonds is 4. The van der Waals surface area contributed by atoms with Gasteiger partial charge in [-0.15, -0.1) is 0 Å². The number of halogens is 1. The molecule has 0 atom stereocenters. The normalized spacial score (nSPS) is 21.2. The number of hydrogen-bond acceptors (Lipinski definition) is 5. The maximum Gasteiger partial charge on any atom is 0.240 e. The quantitative estimate of drug-likeness (QED) is 0.849. The van der Waals surface area contributed by atoms with Gasteiger partial charge in [-0.25, -0.2) is 18.1 Å². The van der Waals surface area contributed by atoms with Crippen molar-refractivity contribution in [3.8, 4) is 11.3 Å². The van der Waals surface area contributed by atoms with Crippen LogP contribution < -0.4 is 4.72 Å². The third kappa shape index (κ3) is 4.36. The number of nitrogens with zero attached hydrogens (tertiary/aromatic N) is 2. The minimum Gasteiger partial charge on any atom is -0.393 e. The van der Waals surface area contributed by atoms with Crippen molar-refractivity contribution in [1.82, 2.24) is 14.7 Å². The summed E-state index contributed by atoms with van der Waals surface area (Å²) in [6.45, 7) is 1.88. The van der Waals surface area contributed by atoms with Crippen LogP contribution >= 0.6 is 11.6 Å². The van der Waals surface area contributed by atoms with Crippen LogP contribution in [0, 0.1) is 6.92 Å². The van der Waals surface area contributed by atoms with Gasteiger partial charge in [0.1, 0.15) is 5.15 Å². The summed E-state index contributed by atoms with van der Waals surface area (Å²) in [6.07, 6.45) is 5.17. The second-order valence-electron chi connectivity index (χ2n) is 6.33. The van der Waals surface area contributed by atoms with Gasteiger partial charge in [0.05, 0.1) is 29.1 Å². The first kappa shape index (κ1) is 18.3. The Morgan fingerprint density at radius 3 is 2.60 bits per heavy atom. The predicted octanol–water partition coefficient (Wildman–Crippen LogP) is 2.69. The van der Waals surface area contributed by atoms with Crippen LogP contribution in [0.25, 0.3) is 11.3 Å². The lowest BCUT2D eigenvalue weighted by atomic mass is 9.94. The lowest BCUT2D eigenvalue weighted by molar-refractivity contribution is 0.120. The van der Waals surface area contributed by atoms with E-state index in [1.54, 1.807) is 24.4 Å². The third-order valence-corrected chi connectivity index (χ3v) is 6.12. The molecule has 0 spiro atoms. The van der Waals surface area contributed by atoms with E-state index in [0.717, 1.165) is 5.56 Å². The van der Waals surface area contributed by atoms with Crippen molar-refractivity contribution in [2.24, 2.45) is 0 Å². The highest BCUT2D eigenvalue weighted by Gasteiger charge is 2.25. The first-order valence-corrected chi connectivity index (χ1v) is 10.0. The van der Waals surface area contributed by atoms with Crippen LogP contribution in [0.5, 0.6) is 0 Å². The zero-order chi connectivity index (χ0) is 18.0. The zero-order valence-corrected chi connectivity index (χ0v) is 15.4. The number of benzene rings is 1. The highest BCUT2D eigenvalue weighted by atomic mass is 35.5. The molecule has 0 amide bonds. The summed E-state index contributed by atoms with van der Waals surface area (Å²) in [5.74, 6) is 0.